The van der Waals surface area contributed by atoms with Crippen LogP contribution >= 0.6 is 0 Å². The average Bonchev–Trinajstić information content (AvgIpc) is 2.86. The molecule has 2 aliphatic rings. The highest BCUT2D eigenvalue weighted by Crippen LogP contribution is 2.35. The van der Waals surface area contributed by atoms with E-state index in [1.807, 2.05) is 0 Å². The molecule has 0 aromatic carbocycles. The van der Waals surface area contributed by atoms with Gasteiger partial charge in [0.25, 0.3) is 0 Å². The van der Waals surface area contributed by atoms with Crippen LogP contribution in [0.15, 0.2) is 0 Å². The molecule has 12 heteroatoms. The molecule has 2 fully saturated rings. The van der Waals surface area contributed by atoms with E-state index in [2.05, 4.69) is 6.92 Å². The lowest BCUT2D eigenvalue weighted by molar-refractivity contribution is -0.385. The summed E-state index contributed by atoms with van der Waals surface area (Å²) in [6.45, 7) is 1.07. The van der Waals surface area contributed by atoms with Crippen LogP contribution in [0.3, 0.4) is 0 Å². The van der Waals surface area contributed by atoms with Gasteiger partial charge >= 0.3 is 0 Å². The third-order valence-corrected chi connectivity index (χ3v) is 4.34. The topological polar surface area (TPSA) is 199 Å². The fourth-order valence-electron chi connectivity index (χ4n) is 2.82. The van der Waals surface area contributed by atoms with Crippen LogP contribution in [0, 0.1) is 6.92 Å². The molecule has 1 radical (unpaired) electrons. The number of hydrogen-bond donors (Lipinski definition) is 8. The van der Waals surface area contributed by atoms with Crippen molar-refractivity contribution in [2.75, 3.05) is 19.8 Å². The minimum Gasteiger partial charge on any atom is -0.394 e. The second-order valence-corrected chi connectivity index (χ2v) is 6.16. The number of ether oxygens (including phenoxy) is 4. The van der Waals surface area contributed by atoms with Crippen LogP contribution in [0.2, 0.25) is 0 Å². The Hall–Kier alpha value is -0.480. The summed E-state index contributed by atoms with van der Waals surface area (Å²) in [6, 6.07) is 0. The summed E-state index contributed by atoms with van der Waals surface area (Å²) in [4.78, 5) is 0. The molecule has 1 unspecified atom stereocenters. The van der Waals surface area contributed by atoms with Crippen LogP contribution < -0.4 is 0 Å². The quantitative estimate of drug-likeness (QED) is 0.194. The molecule has 8 N–H and O–H groups in total. The lowest BCUT2D eigenvalue weighted by Gasteiger charge is -2.43. The lowest BCUT2D eigenvalue weighted by Crippen LogP contribution is -2.62. The molecule has 153 valence electrons. The van der Waals surface area contributed by atoms with Gasteiger partial charge in [0.15, 0.2) is 12.6 Å². The van der Waals surface area contributed by atoms with Crippen molar-refractivity contribution < 1.29 is 59.8 Å². The van der Waals surface area contributed by atoms with Gasteiger partial charge in [-0.05, 0) is 0 Å². The first-order valence-electron chi connectivity index (χ1n) is 7.92. The van der Waals surface area contributed by atoms with E-state index in [1.54, 1.807) is 0 Å². The highest BCUT2D eigenvalue weighted by atomic mass is 16.8. The first kappa shape index (κ1) is 21.8. The molecule has 2 rings (SSSR count). The Kier molecular flexibility index (Phi) is 7.29. The smallest absolute Gasteiger partial charge is 0.224 e. The van der Waals surface area contributed by atoms with E-state index in [4.69, 9.17) is 29.2 Å². The van der Waals surface area contributed by atoms with Gasteiger partial charge < -0.3 is 59.8 Å². The Bertz CT molecular complexity index is 450. The Morgan fingerprint density at radius 2 is 1.62 bits per heavy atom. The molecule has 2 aliphatic heterocycles. The molecule has 0 aliphatic carbocycles. The first-order valence-corrected chi connectivity index (χ1v) is 7.92. The maximum atomic E-state index is 10.1. The van der Waals surface area contributed by atoms with Gasteiger partial charge in [-0.25, -0.2) is 0 Å². The second-order valence-electron chi connectivity index (χ2n) is 6.16. The molecule has 12 nitrogen and oxygen atoms in total. The van der Waals surface area contributed by atoms with Crippen molar-refractivity contribution in [3.8, 4) is 0 Å². The van der Waals surface area contributed by atoms with Crippen molar-refractivity contribution >= 4 is 0 Å². The van der Waals surface area contributed by atoms with Gasteiger partial charge in [0.2, 0.25) is 5.79 Å². The van der Waals surface area contributed by atoms with Crippen molar-refractivity contribution in [1.29, 1.82) is 0 Å². The van der Waals surface area contributed by atoms with Crippen LogP contribution in [-0.4, -0.2) is 122 Å². The second kappa shape index (κ2) is 8.68. The molecule has 0 spiro atoms. The standard InChI is InChI=1S/C14H25O12/c1-5(17)23-3-7-8(18)10(20)11(21)13(24-7)26-14(4-16)12(22)9(19)6(2-15)25-14/h5-13,15-22H,1-4H2/t5?,6-,7-,8-,9-,10+,11-,12+,13-,14+/m1/s1. The van der Waals surface area contributed by atoms with Gasteiger partial charge in [-0.15, -0.1) is 0 Å². The predicted octanol–water partition coefficient (Wildman–Crippen LogP) is -5.22. The van der Waals surface area contributed by atoms with Gasteiger partial charge in [0.05, 0.1) is 13.2 Å². The van der Waals surface area contributed by atoms with Crippen LogP contribution in [0.1, 0.15) is 0 Å². The predicted molar refractivity (Wildman–Crippen MR) is 78.9 cm³/mol. The van der Waals surface area contributed by atoms with Crippen molar-refractivity contribution in [2.45, 2.75) is 61.1 Å². The number of aliphatic hydroxyl groups excluding tert-OH is 8. The van der Waals surface area contributed by atoms with Gasteiger partial charge in [0, 0.05) is 6.92 Å². The maximum absolute atomic E-state index is 10.1. The molecule has 0 bridgehead atoms. The van der Waals surface area contributed by atoms with Gasteiger partial charge in [-0.3, -0.25) is 0 Å². The molecule has 26 heavy (non-hydrogen) atoms. The Morgan fingerprint density at radius 3 is 2.12 bits per heavy atom. The van der Waals surface area contributed by atoms with E-state index in [9.17, 15) is 30.6 Å². The number of hydrogen-bond acceptors (Lipinski definition) is 12. The Labute approximate surface area is 148 Å². The molecular weight excluding hydrogens is 360 g/mol. The largest absolute Gasteiger partial charge is 0.394 e. The zero-order valence-electron chi connectivity index (χ0n) is 13.7. The van der Waals surface area contributed by atoms with E-state index < -0.39 is 80.9 Å². The van der Waals surface area contributed by atoms with Crippen LogP contribution in [0.4, 0.5) is 0 Å². The van der Waals surface area contributed by atoms with E-state index in [0.717, 1.165) is 0 Å². The molecule has 0 aromatic rings. The number of aliphatic hydroxyl groups is 8. The SMILES string of the molecule is [CH2]C(O)OC[C@H]1O[C@H](O[C@]2(CO)O[C@H](CO)[C@@H](O)[C@@H]2O)[C@H](O)[C@@H](O)[C@@H]1O. The summed E-state index contributed by atoms with van der Waals surface area (Å²) in [5, 5.41) is 77.6. The summed E-state index contributed by atoms with van der Waals surface area (Å²) in [6.07, 6.45) is -14.2. The van der Waals surface area contributed by atoms with Crippen molar-refractivity contribution in [3.63, 3.8) is 0 Å². The minimum absolute atomic E-state index is 0.424. The van der Waals surface area contributed by atoms with Gasteiger partial charge in [-0.1, -0.05) is 0 Å². The molecule has 2 heterocycles. The molecular formula is C14H25O12. The minimum atomic E-state index is -2.25. The number of rotatable bonds is 7. The maximum Gasteiger partial charge on any atom is 0.224 e. The molecule has 0 aromatic heterocycles. The van der Waals surface area contributed by atoms with Gasteiger partial charge in [-0.2, -0.15) is 0 Å². The lowest BCUT2D eigenvalue weighted by atomic mass is 9.99. The third kappa shape index (κ3) is 4.16. The van der Waals surface area contributed by atoms with Crippen LogP contribution in [0.5, 0.6) is 0 Å². The van der Waals surface area contributed by atoms with E-state index in [1.165, 1.54) is 0 Å². The van der Waals surface area contributed by atoms with E-state index in [0.29, 0.717) is 0 Å². The average molecular weight is 385 g/mol. The zero-order valence-corrected chi connectivity index (χ0v) is 13.7. The first-order chi connectivity index (χ1) is 12.2. The van der Waals surface area contributed by atoms with Crippen molar-refractivity contribution in [1.82, 2.24) is 0 Å². The summed E-state index contributed by atoms with van der Waals surface area (Å²) < 4.78 is 20.5. The monoisotopic (exact) mass is 385 g/mol. The molecule has 0 saturated carbocycles. The fraction of sp³-hybridized carbons (Fsp3) is 0.929. The third-order valence-electron chi connectivity index (χ3n) is 4.34. The van der Waals surface area contributed by atoms with Crippen molar-refractivity contribution in [3.05, 3.63) is 6.92 Å². The van der Waals surface area contributed by atoms with Gasteiger partial charge in [0.1, 0.15) is 49.3 Å². The fourth-order valence-corrected chi connectivity index (χ4v) is 2.82. The van der Waals surface area contributed by atoms with E-state index in [-0.39, 0.29) is 0 Å². The highest BCUT2D eigenvalue weighted by molar-refractivity contribution is 4.98. The summed E-state index contributed by atoms with van der Waals surface area (Å²) in [7, 11) is 0. The molecule has 10 atom stereocenters. The summed E-state index contributed by atoms with van der Waals surface area (Å²) in [5.41, 5.74) is 0. The van der Waals surface area contributed by atoms with Crippen LogP contribution in [-0.2, 0) is 18.9 Å². The summed E-state index contributed by atoms with van der Waals surface area (Å²) >= 11 is 0. The zero-order chi connectivity index (χ0) is 19.6. The molecule has 0 amide bonds. The van der Waals surface area contributed by atoms with E-state index >= 15 is 0 Å². The van der Waals surface area contributed by atoms with Crippen molar-refractivity contribution in [2.24, 2.45) is 0 Å². The normalized spacial score (nSPS) is 47.9. The van der Waals surface area contributed by atoms with Crippen LogP contribution in [0.25, 0.3) is 0 Å². The highest BCUT2D eigenvalue weighted by Gasteiger charge is 2.58. The summed E-state index contributed by atoms with van der Waals surface area (Å²) in [5.74, 6) is -2.25. The molecule has 2 saturated heterocycles. The Balaban J connectivity index is 2.14. The Morgan fingerprint density at radius 1 is 0.962 bits per heavy atom.